The zero-order valence-electron chi connectivity index (χ0n) is 10.9. The van der Waals surface area contributed by atoms with E-state index in [2.05, 4.69) is 37.9 Å². The molecule has 1 heterocycles. The van der Waals surface area contributed by atoms with Gasteiger partial charge in [0.2, 0.25) is 0 Å². The molecule has 0 aromatic heterocycles. The van der Waals surface area contributed by atoms with Crippen molar-refractivity contribution in [3.8, 4) is 0 Å². The van der Waals surface area contributed by atoms with Crippen LogP contribution in [-0.2, 0) is 4.74 Å². The van der Waals surface area contributed by atoms with E-state index in [0.717, 1.165) is 32.8 Å². The van der Waals surface area contributed by atoms with Crippen molar-refractivity contribution >= 4 is 0 Å². The highest BCUT2D eigenvalue weighted by Gasteiger charge is 2.30. The first-order chi connectivity index (χ1) is 6.85. The number of morpholine rings is 1. The van der Waals surface area contributed by atoms with E-state index < -0.39 is 0 Å². The minimum atomic E-state index is 0.0218. The summed E-state index contributed by atoms with van der Waals surface area (Å²) in [6.45, 7) is 14.1. The van der Waals surface area contributed by atoms with E-state index in [-0.39, 0.29) is 5.60 Å². The summed E-state index contributed by atoms with van der Waals surface area (Å²) < 4.78 is 5.71. The van der Waals surface area contributed by atoms with Gasteiger partial charge in [-0.2, -0.15) is 0 Å². The second-order valence-corrected chi connectivity index (χ2v) is 6.01. The highest BCUT2D eigenvalue weighted by atomic mass is 16.5. The van der Waals surface area contributed by atoms with Crippen LogP contribution in [0.4, 0.5) is 0 Å². The van der Waals surface area contributed by atoms with Gasteiger partial charge in [0, 0.05) is 26.2 Å². The van der Waals surface area contributed by atoms with Crippen LogP contribution in [0.3, 0.4) is 0 Å². The van der Waals surface area contributed by atoms with Gasteiger partial charge in [-0.1, -0.05) is 13.8 Å². The quantitative estimate of drug-likeness (QED) is 0.764. The van der Waals surface area contributed by atoms with Gasteiger partial charge in [0.05, 0.1) is 12.2 Å². The average Bonchev–Trinajstić information content (AvgIpc) is 1.99. The van der Waals surface area contributed by atoms with Gasteiger partial charge in [-0.25, -0.2) is 0 Å². The predicted octanol–water partition coefficient (Wildman–Crippen LogP) is 1.34. The first kappa shape index (κ1) is 12.9. The molecule has 0 atom stereocenters. The van der Waals surface area contributed by atoms with Gasteiger partial charge in [0.15, 0.2) is 0 Å². The van der Waals surface area contributed by atoms with Crippen LogP contribution in [-0.4, -0.2) is 50.3 Å². The third-order valence-electron chi connectivity index (χ3n) is 2.81. The van der Waals surface area contributed by atoms with Crippen molar-refractivity contribution in [3.05, 3.63) is 0 Å². The second kappa shape index (κ2) is 4.81. The summed E-state index contributed by atoms with van der Waals surface area (Å²) in [6.07, 6.45) is 0. The molecular weight excluding hydrogens is 188 g/mol. The van der Waals surface area contributed by atoms with Crippen LogP contribution in [0.1, 0.15) is 27.7 Å². The smallest absolute Gasteiger partial charge is 0.0753 e. The summed E-state index contributed by atoms with van der Waals surface area (Å²) in [7, 11) is 2.02. The summed E-state index contributed by atoms with van der Waals surface area (Å²) in [5.74, 6) is 0. The third kappa shape index (κ3) is 4.49. The van der Waals surface area contributed by atoms with Crippen LogP contribution < -0.4 is 5.32 Å². The number of rotatable bonds is 4. The van der Waals surface area contributed by atoms with E-state index in [1.807, 2.05) is 7.05 Å². The topological polar surface area (TPSA) is 24.5 Å². The fourth-order valence-corrected chi connectivity index (χ4v) is 2.39. The minimum absolute atomic E-state index is 0.0218. The van der Waals surface area contributed by atoms with Gasteiger partial charge in [0.1, 0.15) is 0 Å². The molecule has 0 spiro atoms. The van der Waals surface area contributed by atoms with Crippen molar-refractivity contribution in [2.45, 2.75) is 33.3 Å². The number of hydrogen-bond donors (Lipinski definition) is 1. The van der Waals surface area contributed by atoms with Gasteiger partial charge in [-0.3, -0.25) is 4.90 Å². The Balaban J connectivity index is 2.44. The molecule has 1 aliphatic rings. The lowest BCUT2D eigenvalue weighted by atomic mass is 9.92. The Bertz CT molecular complexity index is 202. The number of nitrogens with one attached hydrogen (secondary N) is 1. The molecule has 0 amide bonds. The molecule has 0 unspecified atom stereocenters. The Hall–Kier alpha value is -0.120. The van der Waals surface area contributed by atoms with Crippen LogP contribution in [0, 0.1) is 5.41 Å². The summed E-state index contributed by atoms with van der Waals surface area (Å²) >= 11 is 0. The summed E-state index contributed by atoms with van der Waals surface area (Å²) in [5, 5.41) is 3.26. The lowest BCUT2D eigenvalue weighted by Crippen LogP contribution is -2.51. The van der Waals surface area contributed by atoms with Gasteiger partial charge in [-0.15, -0.1) is 0 Å². The van der Waals surface area contributed by atoms with Crippen LogP contribution >= 0.6 is 0 Å². The van der Waals surface area contributed by atoms with Gasteiger partial charge in [-0.05, 0) is 26.3 Å². The zero-order chi connectivity index (χ0) is 11.5. The molecule has 1 saturated heterocycles. The van der Waals surface area contributed by atoms with Crippen molar-refractivity contribution in [1.29, 1.82) is 0 Å². The molecule has 90 valence electrons. The van der Waals surface area contributed by atoms with Crippen LogP contribution in [0.15, 0.2) is 0 Å². The second-order valence-electron chi connectivity index (χ2n) is 6.01. The lowest BCUT2D eigenvalue weighted by Gasteiger charge is -2.41. The standard InChI is InChI=1S/C12H26N2O/c1-11(2,8-13-5)9-14-6-7-15-12(3,4)10-14/h13H,6-10H2,1-5H3. The third-order valence-corrected chi connectivity index (χ3v) is 2.81. The molecule has 0 radical (unpaired) electrons. The van der Waals surface area contributed by atoms with Gasteiger partial charge in [0.25, 0.3) is 0 Å². The predicted molar refractivity (Wildman–Crippen MR) is 64.2 cm³/mol. The fourth-order valence-electron chi connectivity index (χ4n) is 2.39. The maximum Gasteiger partial charge on any atom is 0.0753 e. The van der Waals surface area contributed by atoms with E-state index in [1.54, 1.807) is 0 Å². The molecule has 0 aromatic rings. The maximum absolute atomic E-state index is 5.71. The molecule has 1 N–H and O–H groups in total. The molecule has 3 heteroatoms. The van der Waals surface area contributed by atoms with Crippen molar-refractivity contribution in [2.75, 3.05) is 39.8 Å². The Morgan fingerprint density at radius 2 is 2.07 bits per heavy atom. The molecule has 0 aromatic carbocycles. The van der Waals surface area contributed by atoms with Crippen LogP contribution in [0.25, 0.3) is 0 Å². The highest BCUT2D eigenvalue weighted by molar-refractivity contribution is 4.83. The van der Waals surface area contributed by atoms with E-state index in [9.17, 15) is 0 Å². The Kier molecular flexibility index (Phi) is 4.15. The first-order valence-electron chi connectivity index (χ1n) is 5.86. The largest absolute Gasteiger partial charge is 0.373 e. The molecule has 3 nitrogen and oxygen atoms in total. The van der Waals surface area contributed by atoms with E-state index in [4.69, 9.17) is 4.74 Å². The number of ether oxygens (including phenoxy) is 1. The van der Waals surface area contributed by atoms with E-state index in [0.29, 0.717) is 5.41 Å². The Labute approximate surface area is 94.2 Å². The molecular formula is C12H26N2O. The number of hydrogen-bond acceptors (Lipinski definition) is 3. The summed E-state index contributed by atoms with van der Waals surface area (Å²) in [5.41, 5.74) is 0.357. The van der Waals surface area contributed by atoms with E-state index >= 15 is 0 Å². The number of nitrogens with zero attached hydrogens (tertiary/aromatic N) is 1. The van der Waals surface area contributed by atoms with Crippen LogP contribution in [0.5, 0.6) is 0 Å². The highest BCUT2D eigenvalue weighted by Crippen LogP contribution is 2.21. The van der Waals surface area contributed by atoms with Crippen molar-refractivity contribution in [3.63, 3.8) is 0 Å². The molecule has 1 fully saturated rings. The monoisotopic (exact) mass is 214 g/mol. The Morgan fingerprint density at radius 3 is 2.60 bits per heavy atom. The normalized spacial score (nSPS) is 23.0. The van der Waals surface area contributed by atoms with Crippen molar-refractivity contribution < 1.29 is 4.74 Å². The van der Waals surface area contributed by atoms with Crippen molar-refractivity contribution in [2.24, 2.45) is 5.41 Å². The minimum Gasteiger partial charge on any atom is -0.373 e. The SMILES string of the molecule is CNCC(C)(C)CN1CCOC(C)(C)C1. The molecule has 15 heavy (non-hydrogen) atoms. The van der Waals surface area contributed by atoms with Crippen LogP contribution in [0.2, 0.25) is 0 Å². The zero-order valence-corrected chi connectivity index (χ0v) is 10.9. The first-order valence-corrected chi connectivity index (χ1v) is 5.86. The molecule has 0 saturated carbocycles. The van der Waals surface area contributed by atoms with Gasteiger partial charge < -0.3 is 10.1 Å². The summed E-state index contributed by atoms with van der Waals surface area (Å²) in [4.78, 5) is 2.51. The molecule has 1 rings (SSSR count). The average molecular weight is 214 g/mol. The maximum atomic E-state index is 5.71. The molecule has 0 aliphatic carbocycles. The lowest BCUT2D eigenvalue weighted by molar-refractivity contribution is -0.0924. The van der Waals surface area contributed by atoms with Gasteiger partial charge >= 0.3 is 0 Å². The molecule has 1 aliphatic heterocycles. The Morgan fingerprint density at radius 1 is 1.40 bits per heavy atom. The van der Waals surface area contributed by atoms with E-state index in [1.165, 1.54) is 0 Å². The van der Waals surface area contributed by atoms with Crippen molar-refractivity contribution in [1.82, 2.24) is 10.2 Å². The molecule has 0 bridgehead atoms. The summed E-state index contributed by atoms with van der Waals surface area (Å²) in [6, 6.07) is 0. The fraction of sp³-hybridized carbons (Fsp3) is 1.00.